The number of rotatable bonds is 1. The van der Waals surface area contributed by atoms with Gasteiger partial charge in [-0.3, -0.25) is 0 Å². The first-order valence-electron chi connectivity index (χ1n) is 3.34. The van der Waals surface area contributed by atoms with E-state index in [2.05, 4.69) is 20.4 Å². The molecule has 1 heterocycles. The lowest BCUT2D eigenvalue weighted by Crippen LogP contribution is -2.44. The first kappa shape index (κ1) is 7.19. The highest BCUT2D eigenvalue weighted by molar-refractivity contribution is 5.85. The van der Waals surface area contributed by atoms with Crippen molar-refractivity contribution in [2.24, 2.45) is 5.41 Å². The fourth-order valence-corrected chi connectivity index (χ4v) is 1.09. The standard InChI is InChI=1S/C8H12NO/c1-4-7(10)9-5-8(2,3)6-9/h4-5H,1,6H2,2-3H3/q+1. The molecule has 2 nitrogen and oxygen atoms in total. The molecular formula is C8H12NO+. The summed E-state index contributed by atoms with van der Waals surface area (Å²) in [6, 6.07) is 0. The number of nitrogens with zero attached hydrogens (tertiary/aromatic N) is 1. The summed E-state index contributed by atoms with van der Waals surface area (Å²) in [4.78, 5) is 10.9. The van der Waals surface area contributed by atoms with Crippen molar-refractivity contribution in [2.75, 3.05) is 6.54 Å². The third kappa shape index (κ3) is 1.15. The zero-order valence-electron chi connectivity index (χ0n) is 6.42. The van der Waals surface area contributed by atoms with Crippen molar-refractivity contribution in [1.82, 2.24) is 0 Å². The minimum Gasteiger partial charge on any atom is -0.215 e. The van der Waals surface area contributed by atoms with Crippen molar-refractivity contribution in [3.63, 3.8) is 0 Å². The zero-order valence-corrected chi connectivity index (χ0v) is 6.42. The highest BCUT2D eigenvalue weighted by Gasteiger charge is 2.38. The molecule has 1 aliphatic rings. The molecule has 0 unspecified atom stereocenters. The van der Waals surface area contributed by atoms with Crippen LogP contribution in [0.4, 0.5) is 0 Å². The van der Waals surface area contributed by atoms with Gasteiger partial charge in [-0.15, -0.1) is 0 Å². The van der Waals surface area contributed by atoms with E-state index in [-0.39, 0.29) is 11.3 Å². The van der Waals surface area contributed by atoms with E-state index in [9.17, 15) is 4.79 Å². The molecule has 1 aliphatic heterocycles. The Bertz CT molecular complexity index is 213. The molecule has 0 aromatic carbocycles. The van der Waals surface area contributed by atoms with Crippen LogP contribution in [0, 0.1) is 5.41 Å². The van der Waals surface area contributed by atoms with Gasteiger partial charge in [0.1, 0.15) is 5.41 Å². The number of carbonyl (C=O) groups excluding carboxylic acids is 1. The predicted molar refractivity (Wildman–Crippen MR) is 40.2 cm³/mol. The van der Waals surface area contributed by atoms with Crippen molar-refractivity contribution in [1.29, 1.82) is 0 Å². The van der Waals surface area contributed by atoms with Gasteiger partial charge in [-0.25, -0.2) is 4.79 Å². The van der Waals surface area contributed by atoms with Gasteiger partial charge >= 0.3 is 5.91 Å². The molecule has 0 bridgehead atoms. The minimum atomic E-state index is -0.000625. The van der Waals surface area contributed by atoms with Gasteiger partial charge in [0.25, 0.3) is 0 Å². The summed E-state index contributed by atoms with van der Waals surface area (Å²) >= 11 is 0. The maximum atomic E-state index is 10.9. The quantitative estimate of drug-likeness (QED) is 0.388. The number of amides is 1. The van der Waals surface area contributed by atoms with Crippen LogP contribution in [0.25, 0.3) is 0 Å². The van der Waals surface area contributed by atoms with Gasteiger partial charge in [-0.05, 0) is 13.8 Å². The van der Waals surface area contributed by atoms with Gasteiger partial charge in [-0.2, -0.15) is 4.58 Å². The molecule has 0 saturated carbocycles. The van der Waals surface area contributed by atoms with Crippen LogP contribution in [0.15, 0.2) is 12.7 Å². The average Bonchev–Trinajstić information content (AvgIpc) is 1.81. The fraction of sp³-hybridized carbons (Fsp3) is 0.500. The summed E-state index contributed by atoms with van der Waals surface area (Å²) in [7, 11) is 0. The molecule has 0 fully saturated rings. The van der Waals surface area contributed by atoms with Crippen LogP contribution < -0.4 is 0 Å². The normalized spacial score (nSPS) is 20.8. The van der Waals surface area contributed by atoms with Gasteiger partial charge in [0.15, 0.2) is 12.8 Å². The lowest BCUT2D eigenvalue weighted by molar-refractivity contribution is -0.485. The topological polar surface area (TPSA) is 20.1 Å². The molecular weight excluding hydrogens is 126 g/mol. The third-order valence-electron chi connectivity index (χ3n) is 1.54. The monoisotopic (exact) mass is 138 g/mol. The Balaban J connectivity index is 2.67. The number of hydrogen-bond donors (Lipinski definition) is 0. The molecule has 2 heteroatoms. The Kier molecular flexibility index (Phi) is 1.47. The summed E-state index contributed by atoms with van der Waals surface area (Å²) in [5.74, 6) is -0.000625. The summed E-state index contributed by atoms with van der Waals surface area (Å²) < 4.78 is 1.67. The van der Waals surface area contributed by atoms with Crippen LogP contribution in [0.3, 0.4) is 0 Å². The highest BCUT2D eigenvalue weighted by Crippen LogP contribution is 2.19. The number of carbonyl (C=O) groups is 1. The summed E-state index contributed by atoms with van der Waals surface area (Å²) in [5.41, 5.74) is 0.207. The molecule has 54 valence electrons. The minimum absolute atomic E-state index is 0.000625. The predicted octanol–water partition coefficient (Wildman–Crippen LogP) is 0.822. The first-order chi connectivity index (χ1) is 4.55. The molecule has 1 rings (SSSR count). The van der Waals surface area contributed by atoms with E-state index in [0.717, 1.165) is 6.54 Å². The van der Waals surface area contributed by atoms with Crippen LogP contribution in [-0.2, 0) is 4.79 Å². The second-order valence-corrected chi connectivity index (χ2v) is 3.29. The van der Waals surface area contributed by atoms with E-state index in [4.69, 9.17) is 0 Å². The SMILES string of the molecule is C=CC(=O)[N+]1=CC(C)(C)C1. The molecule has 0 aromatic heterocycles. The molecule has 0 radical (unpaired) electrons. The van der Waals surface area contributed by atoms with Crippen LogP contribution in [0.2, 0.25) is 0 Å². The summed E-state index contributed by atoms with van der Waals surface area (Å²) in [6.45, 7) is 8.41. The first-order valence-corrected chi connectivity index (χ1v) is 3.34. The second-order valence-electron chi connectivity index (χ2n) is 3.29. The van der Waals surface area contributed by atoms with E-state index in [1.54, 1.807) is 4.58 Å². The Morgan fingerprint density at radius 3 is 2.60 bits per heavy atom. The summed E-state index contributed by atoms with van der Waals surface area (Å²) in [5, 5.41) is 0. The maximum Gasteiger partial charge on any atom is 0.411 e. The molecule has 0 aliphatic carbocycles. The molecule has 0 atom stereocenters. The molecule has 0 saturated heterocycles. The Morgan fingerprint density at radius 1 is 1.80 bits per heavy atom. The maximum absolute atomic E-state index is 10.9. The summed E-state index contributed by atoms with van der Waals surface area (Å²) in [6.07, 6.45) is 3.27. The molecule has 0 N–H and O–H groups in total. The lowest BCUT2D eigenvalue weighted by atomic mass is 9.89. The van der Waals surface area contributed by atoms with E-state index < -0.39 is 0 Å². The third-order valence-corrected chi connectivity index (χ3v) is 1.54. The Morgan fingerprint density at radius 2 is 2.30 bits per heavy atom. The van der Waals surface area contributed by atoms with Gasteiger partial charge < -0.3 is 0 Å². The van der Waals surface area contributed by atoms with Crippen LogP contribution in [0.1, 0.15) is 13.8 Å². The van der Waals surface area contributed by atoms with Crippen molar-refractivity contribution >= 4 is 12.1 Å². The van der Waals surface area contributed by atoms with E-state index in [1.807, 2.05) is 6.21 Å². The zero-order chi connectivity index (χ0) is 7.78. The molecule has 1 amide bonds. The van der Waals surface area contributed by atoms with Gasteiger partial charge in [0, 0.05) is 6.08 Å². The van der Waals surface area contributed by atoms with Crippen LogP contribution in [0.5, 0.6) is 0 Å². The van der Waals surface area contributed by atoms with Crippen LogP contribution in [-0.4, -0.2) is 23.2 Å². The lowest BCUT2D eigenvalue weighted by Gasteiger charge is -2.22. The van der Waals surface area contributed by atoms with Crippen molar-refractivity contribution < 1.29 is 9.37 Å². The largest absolute Gasteiger partial charge is 0.411 e. The average molecular weight is 138 g/mol. The molecule has 0 aromatic rings. The molecule has 10 heavy (non-hydrogen) atoms. The van der Waals surface area contributed by atoms with Gasteiger partial charge in [0.2, 0.25) is 0 Å². The van der Waals surface area contributed by atoms with Crippen molar-refractivity contribution in [3.8, 4) is 0 Å². The second kappa shape index (κ2) is 2.04. The van der Waals surface area contributed by atoms with E-state index in [1.165, 1.54) is 6.08 Å². The van der Waals surface area contributed by atoms with Crippen molar-refractivity contribution in [2.45, 2.75) is 13.8 Å². The highest BCUT2D eigenvalue weighted by atomic mass is 16.2. The Hall–Kier alpha value is -0.920. The smallest absolute Gasteiger partial charge is 0.215 e. The van der Waals surface area contributed by atoms with Crippen molar-refractivity contribution in [3.05, 3.63) is 12.7 Å². The van der Waals surface area contributed by atoms with E-state index in [0.29, 0.717) is 0 Å². The number of hydrogen-bond acceptors (Lipinski definition) is 1. The molecule has 0 spiro atoms. The van der Waals surface area contributed by atoms with Gasteiger partial charge in [-0.1, -0.05) is 6.58 Å². The fourth-order valence-electron chi connectivity index (χ4n) is 1.09. The van der Waals surface area contributed by atoms with E-state index >= 15 is 0 Å². The Labute approximate surface area is 60.9 Å². The van der Waals surface area contributed by atoms with Gasteiger partial charge in [0.05, 0.1) is 0 Å². The van der Waals surface area contributed by atoms with Crippen LogP contribution >= 0.6 is 0 Å².